The Morgan fingerprint density at radius 2 is 0.982 bits per heavy atom. The molecule has 0 radical (unpaired) electrons. The third-order valence-electron chi connectivity index (χ3n) is 11.6. The van der Waals surface area contributed by atoms with E-state index >= 15 is 0 Å². The molecule has 0 aliphatic carbocycles. The molecule has 338 valence electrons. The van der Waals surface area contributed by atoms with Crippen molar-refractivity contribution in [1.29, 1.82) is 0 Å². The Morgan fingerprint density at radius 1 is 0.561 bits per heavy atom. The third kappa shape index (κ3) is 20.4. The van der Waals surface area contributed by atoms with Crippen LogP contribution in [-0.2, 0) is 23.7 Å². The maximum Gasteiger partial charge on any atom is 0.220 e. The minimum absolute atomic E-state index is 0.188. The fourth-order valence-electron chi connectivity index (χ4n) is 7.79. The van der Waals surface area contributed by atoms with Gasteiger partial charge < -0.3 is 65.1 Å². The quantitative estimate of drug-likeness (QED) is 0.0414. The molecule has 9 N–H and O–H groups in total. The minimum atomic E-state index is -1.77. The summed E-state index contributed by atoms with van der Waals surface area (Å²) in [6.45, 7) is 2.31. The molecule has 12 unspecified atom stereocenters. The highest BCUT2D eigenvalue weighted by Crippen LogP contribution is 2.30. The average molecular weight is 822 g/mol. The molecule has 2 saturated heterocycles. The van der Waals surface area contributed by atoms with Crippen molar-refractivity contribution in [3.05, 3.63) is 0 Å². The van der Waals surface area contributed by atoms with Crippen LogP contribution in [0.15, 0.2) is 0 Å². The molecule has 2 fully saturated rings. The normalized spacial score (nSPS) is 29.0. The van der Waals surface area contributed by atoms with E-state index in [4.69, 9.17) is 18.9 Å². The van der Waals surface area contributed by atoms with E-state index < -0.39 is 86.8 Å². The first-order valence-electron chi connectivity index (χ1n) is 22.8. The number of nitrogens with one attached hydrogen (secondary N) is 1. The number of carbonyl (C=O) groups is 1. The highest BCUT2D eigenvalue weighted by Gasteiger charge is 2.51. The molecule has 14 nitrogen and oxygen atoms in total. The number of hydrogen-bond donors (Lipinski definition) is 9. The summed E-state index contributed by atoms with van der Waals surface area (Å²) in [5.41, 5.74) is 0. The zero-order valence-electron chi connectivity index (χ0n) is 35.3. The van der Waals surface area contributed by atoms with Crippen LogP contribution in [0.4, 0.5) is 0 Å². The van der Waals surface area contributed by atoms with Crippen molar-refractivity contribution in [2.75, 3.05) is 19.8 Å². The number of aliphatic hydroxyl groups excluding tert-OH is 8. The van der Waals surface area contributed by atoms with Crippen molar-refractivity contribution in [2.24, 2.45) is 0 Å². The van der Waals surface area contributed by atoms with Gasteiger partial charge in [-0.1, -0.05) is 162 Å². The van der Waals surface area contributed by atoms with Gasteiger partial charge in [-0.15, -0.1) is 0 Å². The van der Waals surface area contributed by atoms with Crippen LogP contribution in [0.2, 0.25) is 0 Å². The molecule has 0 aromatic rings. The molecular weight excluding hydrogens is 738 g/mol. The van der Waals surface area contributed by atoms with Crippen molar-refractivity contribution >= 4 is 5.91 Å². The smallest absolute Gasteiger partial charge is 0.220 e. The van der Waals surface area contributed by atoms with E-state index in [0.29, 0.717) is 6.42 Å². The number of amides is 1. The predicted octanol–water partition coefficient (Wildman–Crippen LogP) is 4.27. The van der Waals surface area contributed by atoms with Crippen molar-refractivity contribution in [1.82, 2.24) is 5.32 Å². The lowest BCUT2D eigenvalue weighted by atomic mass is 9.97. The number of hydrogen-bond acceptors (Lipinski definition) is 13. The van der Waals surface area contributed by atoms with E-state index in [9.17, 15) is 45.6 Å². The average Bonchev–Trinajstić information content (AvgIpc) is 3.21. The summed E-state index contributed by atoms with van der Waals surface area (Å²) in [6.07, 6.45) is 13.9. The van der Waals surface area contributed by atoms with Gasteiger partial charge in [0.05, 0.1) is 32.0 Å². The molecular formula is C43H83NO13. The molecule has 1 amide bonds. The molecule has 0 aromatic carbocycles. The molecule has 2 aliphatic rings. The first kappa shape index (κ1) is 52.1. The van der Waals surface area contributed by atoms with Gasteiger partial charge in [0.2, 0.25) is 5.91 Å². The number of rotatable bonds is 34. The fraction of sp³-hybridized carbons (Fsp3) is 0.977. The largest absolute Gasteiger partial charge is 0.394 e. The van der Waals surface area contributed by atoms with Crippen molar-refractivity contribution in [3.63, 3.8) is 0 Å². The molecule has 0 spiro atoms. The molecule has 2 heterocycles. The molecule has 2 aliphatic heterocycles. The van der Waals surface area contributed by atoms with E-state index in [0.717, 1.165) is 25.7 Å². The SMILES string of the molecule is CCCCCCCCCCCCCCCCCCCCCCCCCC(O)C(COC1OC(CO)C(OC2OC(CO)C(O)C(O)C2O)C(O)C1O)NC(=O)CC. The van der Waals surface area contributed by atoms with Crippen LogP contribution < -0.4 is 5.32 Å². The van der Waals surface area contributed by atoms with E-state index in [1.54, 1.807) is 6.92 Å². The number of ether oxygens (including phenoxy) is 4. The highest BCUT2D eigenvalue weighted by atomic mass is 16.7. The number of unbranched alkanes of at least 4 members (excludes halogenated alkanes) is 22. The summed E-state index contributed by atoms with van der Waals surface area (Å²) in [5, 5.41) is 85.4. The number of aliphatic hydroxyl groups is 8. The zero-order chi connectivity index (χ0) is 41.8. The van der Waals surface area contributed by atoms with E-state index in [2.05, 4.69) is 12.2 Å². The van der Waals surface area contributed by atoms with E-state index in [1.165, 1.54) is 122 Å². The monoisotopic (exact) mass is 822 g/mol. The number of carbonyl (C=O) groups excluding carboxylic acids is 1. The minimum Gasteiger partial charge on any atom is -0.394 e. The Morgan fingerprint density at radius 3 is 1.42 bits per heavy atom. The van der Waals surface area contributed by atoms with Crippen LogP contribution in [0, 0.1) is 0 Å². The molecule has 12 atom stereocenters. The Balaban J connectivity index is 1.59. The van der Waals surface area contributed by atoms with Gasteiger partial charge in [0.15, 0.2) is 12.6 Å². The van der Waals surface area contributed by atoms with Crippen LogP contribution in [0.1, 0.15) is 174 Å². The third-order valence-corrected chi connectivity index (χ3v) is 11.6. The van der Waals surface area contributed by atoms with Crippen LogP contribution in [0.5, 0.6) is 0 Å². The Bertz CT molecular complexity index is 977. The van der Waals surface area contributed by atoms with Gasteiger partial charge in [-0.05, 0) is 6.42 Å². The van der Waals surface area contributed by atoms with Crippen LogP contribution >= 0.6 is 0 Å². The predicted molar refractivity (Wildman–Crippen MR) is 217 cm³/mol. The standard InChI is InChI=1S/C43H83NO13/c1-3-5-6-7-8-9-10-11-12-13-14-15-16-17-18-19-20-21-22-23-24-25-26-27-32(47)31(44-35(48)4-2)30-54-42-40(53)38(51)41(34(29-46)56-42)57-43-39(52)37(50)36(49)33(28-45)55-43/h31-34,36-43,45-47,49-53H,3-30H2,1-2H3,(H,44,48). The first-order valence-corrected chi connectivity index (χ1v) is 22.8. The van der Waals surface area contributed by atoms with Crippen LogP contribution in [-0.4, -0.2) is 140 Å². The maximum absolute atomic E-state index is 12.3. The molecule has 14 heteroatoms. The maximum atomic E-state index is 12.3. The van der Waals surface area contributed by atoms with Gasteiger partial charge in [0, 0.05) is 6.42 Å². The summed E-state index contributed by atoms with van der Waals surface area (Å²) in [5.74, 6) is -0.293. The van der Waals surface area contributed by atoms with E-state index in [1.807, 2.05) is 0 Å². The zero-order valence-corrected chi connectivity index (χ0v) is 35.3. The van der Waals surface area contributed by atoms with Crippen LogP contribution in [0.25, 0.3) is 0 Å². The summed E-state index contributed by atoms with van der Waals surface area (Å²) >= 11 is 0. The lowest BCUT2D eigenvalue weighted by Gasteiger charge is -2.46. The van der Waals surface area contributed by atoms with Gasteiger partial charge in [0.25, 0.3) is 0 Å². The summed E-state index contributed by atoms with van der Waals surface area (Å²) < 4.78 is 22.4. The van der Waals surface area contributed by atoms with Gasteiger partial charge in [-0.2, -0.15) is 0 Å². The van der Waals surface area contributed by atoms with Gasteiger partial charge >= 0.3 is 0 Å². The Hall–Kier alpha value is -1.01. The first-order chi connectivity index (χ1) is 27.6. The second kappa shape index (κ2) is 31.8. The van der Waals surface area contributed by atoms with Gasteiger partial charge in [-0.3, -0.25) is 4.79 Å². The molecule has 57 heavy (non-hydrogen) atoms. The van der Waals surface area contributed by atoms with Crippen molar-refractivity contribution in [3.8, 4) is 0 Å². The summed E-state index contributed by atoms with van der Waals surface area (Å²) in [7, 11) is 0. The van der Waals surface area contributed by atoms with Crippen molar-refractivity contribution < 1.29 is 64.6 Å². The van der Waals surface area contributed by atoms with Gasteiger partial charge in [-0.25, -0.2) is 0 Å². The molecule has 2 rings (SSSR count). The second-order valence-electron chi connectivity index (χ2n) is 16.5. The lowest BCUT2D eigenvalue weighted by Crippen LogP contribution is -2.65. The van der Waals surface area contributed by atoms with Gasteiger partial charge in [0.1, 0.15) is 48.8 Å². The van der Waals surface area contributed by atoms with Crippen molar-refractivity contribution in [2.45, 2.75) is 248 Å². The van der Waals surface area contributed by atoms with E-state index in [-0.39, 0.29) is 18.9 Å². The van der Waals surface area contributed by atoms with Crippen LogP contribution in [0.3, 0.4) is 0 Å². The summed E-state index contributed by atoms with van der Waals surface area (Å²) in [4.78, 5) is 12.3. The summed E-state index contributed by atoms with van der Waals surface area (Å²) in [6, 6.07) is -0.819. The Kier molecular flexibility index (Phi) is 29.1. The topological polar surface area (TPSA) is 228 Å². The molecule has 0 saturated carbocycles. The molecule has 0 bridgehead atoms. The fourth-order valence-corrected chi connectivity index (χ4v) is 7.79. The highest BCUT2D eigenvalue weighted by molar-refractivity contribution is 5.75. The molecule has 0 aromatic heterocycles. The Labute approximate surface area is 343 Å². The lowest BCUT2D eigenvalue weighted by molar-refractivity contribution is -0.359. The second-order valence-corrected chi connectivity index (χ2v) is 16.5.